The van der Waals surface area contributed by atoms with Crippen LogP contribution in [0.25, 0.3) is 10.7 Å². The molecule has 0 saturated heterocycles. The van der Waals surface area contributed by atoms with Crippen molar-refractivity contribution in [1.29, 1.82) is 0 Å². The highest BCUT2D eigenvalue weighted by Crippen LogP contribution is 2.23. The van der Waals surface area contributed by atoms with Gasteiger partial charge in [0.15, 0.2) is 5.82 Å². The predicted octanol–water partition coefficient (Wildman–Crippen LogP) is 2.84. The molecule has 1 unspecified atom stereocenters. The zero-order valence-electron chi connectivity index (χ0n) is 11.1. The molecule has 0 aliphatic carbocycles. The lowest BCUT2D eigenvalue weighted by molar-refractivity contribution is 0.336. The molecule has 18 heavy (non-hydrogen) atoms. The minimum atomic E-state index is 0.120. The first kappa shape index (κ1) is 13.2. The number of thiophene rings is 1. The Balaban J connectivity index is 1.99. The van der Waals surface area contributed by atoms with E-state index in [0.717, 1.165) is 29.4 Å². The van der Waals surface area contributed by atoms with Gasteiger partial charge in [0.05, 0.1) is 4.88 Å². The fraction of sp³-hybridized carbons (Fsp3) is 0.538. The maximum Gasteiger partial charge on any atom is 0.191 e. The van der Waals surface area contributed by atoms with Gasteiger partial charge in [-0.15, -0.1) is 11.3 Å². The average molecular weight is 264 g/mol. The molecule has 0 bridgehead atoms. The second-order valence-electron chi connectivity index (χ2n) is 5.81. The molecule has 1 atom stereocenters. The summed E-state index contributed by atoms with van der Waals surface area (Å²) in [5.41, 5.74) is 6.38. The van der Waals surface area contributed by atoms with E-state index in [9.17, 15) is 0 Å². The van der Waals surface area contributed by atoms with E-state index in [1.165, 1.54) is 0 Å². The quantitative estimate of drug-likeness (QED) is 0.892. The van der Waals surface area contributed by atoms with E-state index in [0.29, 0.717) is 0 Å². The lowest BCUT2D eigenvalue weighted by Gasteiger charge is -2.22. The van der Waals surface area contributed by atoms with Crippen LogP contribution in [0.1, 0.15) is 33.0 Å². The van der Waals surface area contributed by atoms with Gasteiger partial charge in [-0.1, -0.05) is 26.8 Å². The van der Waals surface area contributed by atoms with Crippen LogP contribution in [0.4, 0.5) is 0 Å². The van der Waals surface area contributed by atoms with Crippen LogP contribution in [0.3, 0.4) is 0 Å². The zero-order chi connectivity index (χ0) is 13.2. The average Bonchev–Trinajstić information content (AvgIpc) is 2.82. The van der Waals surface area contributed by atoms with Crippen LogP contribution in [-0.4, -0.2) is 21.2 Å². The van der Waals surface area contributed by atoms with E-state index in [-0.39, 0.29) is 11.5 Å². The molecule has 5 heteroatoms. The number of nitrogens with two attached hydrogens (primary N) is 1. The van der Waals surface area contributed by atoms with E-state index in [1.54, 1.807) is 11.3 Å². The van der Waals surface area contributed by atoms with Crippen molar-refractivity contribution in [3.05, 3.63) is 23.3 Å². The first-order valence-electron chi connectivity index (χ1n) is 6.15. The van der Waals surface area contributed by atoms with E-state index in [4.69, 9.17) is 5.73 Å². The largest absolute Gasteiger partial charge is 0.327 e. The summed E-state index contributed by atoms with van der Waals surface area (Å²) in [5, 5.41) is 9.23. The first-order chi connectivity index (χ1) is 8.44. The maximum absolute atomic E-state index is 6.13. The molecule has 2 rings (SSSR count). The van der Waals surface area contributed by atoms with Gasteiger partial charge in [0, 0.05) is 12.5 Å². The molecule has 0 spiro atoms. The highest BCUT2D eigenvalue weighted by molar-refractivity contribution is 7.13. The standard InChI is InChI=1S/C13H20N4S/c1-13(2,3)8-9(14)7-11-15-12(17-16-11)10-5-4-6-18-10/h4-6,9H,7-8,14H2,1-3H3,(H,15,16,17). The summed E-state index contributed by atoms with van der Waals surface area (Å²) in [4.78, 5) is 5.57. The second-order valence-corrected chi connectivity index (χ2v) is 6.76. The molecule has 0 amide bonds. The maximum atomic E-state index is 6.13. The van der Waals surface area contributed by atoms with Crippen LogP contribution < -0.4 is 5.73 Å². The van der Waals surface area contributed by atoms with Gasteiger partial charge in [-0.3, -0.25) is 5.10 Å². The predicted molar refractivity (Wildman–Crippen MR) is 75.4 cm³/mol. The molecule has 0 saturated carbocycles. The summed E-state index contributed by atoms with van der Waals surface area (Å²) < 4.78 is 0. The molecular weight excluding hydrogens is 244 g/mol. The van der Waals surface area contributed by atoms with Crippen molar-refractivity contribution in [2.45, 2.75) is 39.7 Å². The Hall–Kier alpha value is -1.20. The van der Waals surface area contributed by atoms with Crippen LogP contribution in [-0.2, 0) is 6.42 Å². The molecule has 3 N–H and O–H groups in total. The van der Waals surface area contributed by atoms with E-state index >= 15 is 0 Å². The Labute approximate surface area is 112 Å². The number of hydrogen-bond donors (Lipinski definition) is 2. The van der Waals surface area contributed by atoms with Crippen LogP contribution in [0.15, 0.2) is 17.5 Å². The Morgan fingerprint density at radius 3 is 2.83 bits per heavy atom. The Morgan fingerprint density at radius 2 is 2.22 bits per heavy atom. The molecule has 2 aromatic rings. The highest BCUT2D eigenvalue weighted by Gasteiger charge is 2.17. The third-order valence-electron chi connectivity index (χ3n) is 2.60. The highest BCUT2D eigenvalue weighted by atomic mass is 32.1. The summed E-state index contributed by atoms with van der Waals surface area (Å²) in [7, 11) is 0. The van der Waals surface area contributed by atoms with Gasteiger partial charge in [0.1, 0.15) is 5.82 Å². The van der Waals surface area contributed by atoms with Crippen LogP contribution in [0, 0.1) is 5.41 Å². The summed E-state index contributed by atoms with van der Waals surface area (Å²) in [6.45, 7) is 6.60. The van der Waals surface area contributed by atoms with Crippen LogP contribution >= 0.6 is 11.3 Å². The molecule has 4 nitrogen and oxygen atoms in total. The van der Waals surface area contributed by atoms with Crippen LogP contribution in [0.2, 0.25) is 0 Å². The smallest absolute Gasteiger partial charge is 0.191 e. The monoisotopic (exact) mass is 264 g/mol. The summed E-state index contributed by atoms with van der Waals surface area (Å²) >= 11 is 1.64. The van der Waals surface area contributed by atoms with Crippen molar-refractivity contribution in [3.63, 3.8) is 0 Å². The number of nitrogens with zero attached hydrogens (tertiary/aromatic N) is 2. The fourth-order valence-corrected chi connectivity index (χ4v) is 2.67. The molecule has 98 valence electrons. The Morgan fingerprint density at radius 1 is 1.44 bits per heavy atom. The number of aromatic nitrogens is 3. The zero-order valence-corrected chi connectivity index (χ0v) is 11.9. The number of H-pyrrole nitrogens is 1. The lowest BCUT2D eigenvalue weighted by atomic mass is 9.87. The van der Waals surface area contributed by atoms with Gasteiger partial charge in [0.25, 0.3) is 0 Å². The molecule has 0 fully saturated rings. The number of hydrogen-bond acceptors (Lipinski definition) is 4. The molecule has 0 radical (unpaired) electrons. The van der Waals surface area contributed by atoms with Crippen molar-refractivity contribution in [2.75, 3.05) is 0 Å². The second kappa shape index (κ2) is 5.20. The molecule has 0 aliphatic heterocycles. The number of aromatic amines is 1. The molecule has 2 aromatic heterocycles. The molecule has 0 aliphatic rings. The van der Waals surface area contributed by atoms with E-state index < -0.39 is 0 Å². The van der Waals surface area contributed by atoms with Crippen molar-refractivity contribution in [2.24, 2.45) is 11.1 Å². The minimum Gasteiger partial charge on any atom is -0.327 e. The Kier molecular flexibility index (Phi) is 3.82. The van der Waals surface area contributed by atoms with Gasteiger partial charge in [-0.05, 0) is 23.3 Å². The number of rotatable bonds is 4. The topological polar surface area (TPSA) is 67.6 Å². The van der Waals surface area contributed by atoms with Gasteiger partial charge < -0.3 is 5.73 Å². The third-order valence-corrected chi connectivity index (χ3v) is 3.47. The van der Waals surface area contributed by atoms with Crippen molar-refractivity contribution in [1.82, 2.24) is 15.2 Å². The van der Waals surface area contributed by atoms with Gasteiger partial charge in [-0.25, -0.2) is 4.98 Å². The van der Waals surface area contributed by atoms with Crippen molar-refractivity contribution >= 4 is 11.3 Å². The van der Waals surface area contributed by atoms with E-state index in [1.807, 2.05) is 17.5 Å². The molecule has 0 aromatic carbocycles. The molecule has 2 heterocycles. The third kappa shape index (κ3) is 3.65. The van der Waals surface area contributed by atoms with Crippen molar-refractivity contribution in [3.8, 4) is 10.7 Å². The Bertz CT molecular complexity index is 481. The van der Waals surface area contributed by atoms with Gasteiger partial charge in [0.2, 0.25) is 0 Å². The lowest BCUT2D eigenvalue weighted by Crippen LogP contribution is -2.28. The summed E-state index contributed by atoms with van der Waals surface area (Å²) in [6.07, 6.45) is 1.72. The molecular formula is C13H20N4S. The van der Waals surface area contributed by atoms with Gasteiger partial charge in [-0.2, -0.15) is 5.10 Å². The van der Waals surface area contributed by atoms with Crippen LogP contribution in [0.5, 0.6) is 0 Å². The number of nitrogens with one attached hydrogen (secondary N) is 1. The van der Waals surface area contributed by atoms with Gasteiger partial charge >= 0.3 is 0 Å². The summed E-state index contributed by atoms with van der Waals surface area (Å²) in [5.74, 6) is 1.64. The first-order valence-corrected chi connectivity index (χ1v) is 7.03. The van der Waals surface area contributed by atoms with E-state index in [2.05, 4.69) is 36.0 Å². The summed E-state index contributed by atoms with van der Waals surface area (Å²) in [6, 6.07) is 4.14. The SMILES string of the molecule is CC(C)(C)CC(N)Cc1nc(-c2cccs2)n[nH]1. The normalized spacial score (nSPS) is 13.8. The fourth-order valence-electron chi connectivity index (χ4n) is 2.01. The van der Waals surface area contributed by atoms with Crippen molar-refractivity contribution < 1.29 is 0 Å². The minimum absolute atomic E-state index is 0.120.